The van der Waals surface area contributed by atoms with Gasteiger partial charge in [0.25, 0.3) is 0 Å². The van der Waals surface area contributed by atoms with E-state index in [-0.39, 0.29) is 0 Å². The molecule has 1 N–H and O–H groups in total. The van der Waals surface area contributed by atoms with Gasteiger partial charge in [-0.25, -0.2) is 0 Å². The van der Waals surface area contributed by atoms with Gasteiger partial charge < -0.3 is 5.32 Å². The van der Waals surface area contributed by atoms with Gasteiger partial charge in [-0.2, -0.15) is 0 Å². The molecular weight excluding hydrogens is 232 g/mol. The number of hydrogen-bond acceptors (Lipinski definition) is 2. The zero-order chi connectivity index (χ0) is 13.2. The summed E-state index contributed by atoms with van der Waals surface area (Å²) in [5, 5.41) is 3.69. The van der Waals surface area contributed by atoms with Crippen LogP contribution in [-0.2, 0) is 6.54 Å². The van der Waals surface area contributed by atoms with E-state index in [4.69, 9.17) is 0 Å². The summed E-state index contributed by atoms with van der Waals surface area (Å²) in [7, 11) is 2.29. The lowest BCUT2D eigenvalue weighted by molar-refractivity contribution is 0.0777. The molecule has 2 heteroatoms. The highest BCUT2D eigenvalue weighted by molar-refractivity contribution is 5.25. The molecule has 104 valence electrons. The minimum atomic E-state index is 0.783. The molecule has 0 spiro atoms. The molecule has 1 aromatic carbocycles. The number of benzene rings is 1. The fraction of sp³-hybridized carbons (Fsp3) is 0.647. The maximum absolute atomic E-state index is 3.69. The molecule has 2 saturated carbocycles. The molecule has 19 heavy (non-hydrogen) atoms. The summed E-state index contributed by atoms with van der Waals surface area (Å²) in [5.41, 5.74) is 2.90. The van der Waals surface area contributed by atoms with Crippen LogP contribution in [0.25, 0.3) is 0 Å². The second-order valence-corrected chi connectivity index (χ2v) is 6.43. The molecule has 0 radical (unpaired) electrons. The second-order valence-electron chi connectivity index (χ2n) is 6.43. The van der Waals surface area contributed by atoms with Gasteiger partial charge in [-0.3, -0.25) is 4.90 Å². The molecular formula is C17H26N2. The van der Waals surface area contributed by atoms with Crippen molar-refractivity contribution in [1.82, 2.24) is 10.2 Å². The first-order valence-corrected chi connectivity index (χ1v) is 7.72. The fourth-order valence-corrected chi connectivity index (χ4v) is 3.15. The van der Waals surface area contributed by atoms with Crippen LogP contribution in [0.1, 0.15) is 36.8 Å². The fourth-order valence-electron chi connectivity index (χ4n) is 3.15. The normalized spacial score (nSPS) is 26.5. The molecule has 2 nitrogen and oxygen atoms in total. The third-order valence-corrected chi connectivity index (χ3v) is 4.87. The molecule has 2 aliphatic carbocycles. The summed E-state index contributed by atoms with van der Waals surface area (Å²) in [5.74, 6) is 0.870. The van der Waals surface area contributed by atoms with Crippen molar-refractivity contribution in [2.24, 2.45) is 5.92 Å². The average Bonchev–Trinajstić information content (AvgIpc) is 3.15. The quantitative estimate of drug-likeness (QED) is 0.844. The Kier molecular flexibility index (Phi) is 3.90. The van der Waals surface area contributed by atoms with Crippen LogP contribution < -0.4 is 5.32 Å². The Morgan fingerprint density at radius 2 is 1.95 bits per heavy atom. The summed E-state index contributed by atoms with van der Waals surface area (Å²) in [6.07, 6.45) is 5.58. The molecule has 1 aromatic rings. The first-order valence-electron chi connectivity index (χ1n) is 7.72. The Morgan fingerprint density at radius 3 is 2.58 bits per heavy atom. The molecule has 2 aliphatic rings. The van der Waals surface area contributed by atoms with E-state index in [2.05, 4.69) is 48.5 Å². The average molecular weight is 258 g/mol. The zero-order valence-corrected chi connectivity index (χ0v) is 12.2. The van der Waals surface area contributed by atoms with Gasteiger partial charge in [-0.1, -0.05) is 24.3 Å². The van der Waals surface area contributed by atoms with Crippen molar-refractivity contribution in [3.8, 4) is 0 Å². The minimum absolute atomic E-state index is 0.783. The van der Waals surface area contributed by atoms with Gasteiger partial charge in [0.15, 0.2) is 0 Å². The smallest absolute Gasteiger partial charge is 0.0236 e. The van der Waals surface area contributed by atoms with E-state index < -0.39 is 0 Å². The molecule has 2 atom stereocenters. The van der Waals surface area contributed by atoms with Crippen molar-refractivity contribution in [2.45, 2.75) is 51.2 Å². The summed E-state index contributed by atoms with van der Waals surface area (Å²) >= 11 is 0. The Bertz CT molecular complexity index is 425. The predicted molar refractivity (Wildman–Crippen MR) is 80.2 cm³/mol. The molecule has 0 aromatic heterocycles. The SMILES string of the molecule is Cc1ccccc1CN(C)C1CCC1CNC1CC1. The largest absolute Gasteiger partial charge is 0.314 e. The first kappa shape index (κ1) is 13.1. The van der Waals surface area contributed by atoms with E-state index in [1.54, 1.807) is 0 Å². The van der Waals surface area contributed by atoms with E-state index in [1.165, 1.54) is 43.4 Å². The van der Waals surface area contributed by atoms with Crippen LogP contribution in [0.5, 0.6) is 0 Å². The summed E-state index contributed by atoms with van der Waals surface area (Å²) in [6.45, 7) is 4.54. The van der Waals surface area contributed by atoms with Crippen molar-refractivity contribution in [2.75, 3.05) is 13.6 Å². The van der Waals surface area contributed by atoms with Crippen molar-refractivity contribution in [1.29, 1.82) is 0 Å². The maximum Gasteiger partial charge on any atom is 0.0236 e. The molecule has 0 aliphatic heterocycles. The van der Waals surface area contributed by atoms with Gasteiger partial charge in [-0.05, 0) is 63.2 Å². The Labute approximate surface area is 117 Å². The van der Waals surface area contributed by atoms with Crippen molar-refractivity contribution in [3.63, 3.8) is 0 Å². The standard InChI is InChI=1S/C17H26N2/c1-13-5-3-4-6-15(13)12-19(2)17-10-7-14(17)11-18-16-8-9-16/h3-6,14,16-18H,7-12H2,1-2H3. The number of hydrogen-bond donors (Lipinski definition) is 1. The second kappa shape index (κ2) is 5.64. The summed E-state index contributed by atoms with van der Waals surface area (Å²) in [4.78, 5) is 2.56. The Hall–Kier alpha value is -0.860. The van der Waals surface area contributed by atoms with Crippen molar-refractivity contribution >= 4 is 0 Å². The number of nitrogens with one attached hydrogen (secondary N) is 1. The van der Waals surface area contributed by atoms with Gasteiger partial charge in [0, 0.05) is 18.6 Å². The van der Waals surface area contributed by atoms with Crippen LogP contribution >= 0.6 is 0 Å². The lowest BCUT2D eigenvalue weighted by Gasteiger charge is -2.43. The van der Waals surface area contributed by atoms with Gasteiger partial charge >= 0.3 is 0 Å². The van der Waals surface area contributed by atoms with Crippen LogP contribution in [0.2, 0.25) is 0 Å². The predicted octanol–water partition coefficient (Wildman–Crippen LogP) is 2.96. The maximum atomic E-state index is 3.69. The van der Waals surface area contributed by atoms with Gasteiger partial charge in [0.2, 0.25) is 0 Å². The van der Waals surface area contributed by atoms with Crippen molar-refractivity contribution in [3.05, 3.63) is 35.4 Å². The van der Waals surface area contributed by atoms with Gasteiger partial charge in [-0.15, -0.1) is 0 Å². The highest BCUT2D eigenvalue weighted by Crippen LogP contribution is 2.33. The highest BCUT2D eigenvalue weighted by Gasteiger charge is 2.34. The molecule has 0 amide bonds. The van der Waals surface area contributed by atoms with E-state index in [0.717, 1.165) is 24.5 Å². The van der Waals surface area contributed by atoms with E-state index in [1.807, 2.05) is 0 Å². The van der Waals surface area contributed by atoms with Crippen LogP contribution in [0.3, 0.4) is 0 Å². The first-order chi connectivity index (χ1) is 9.24. The van der Waals surface area contributed by atoms with Gasteiger partial charge in [0.05, 0.1) is 0 Å². The molecule has 2 fully saturated rings. The lowest BCUT2D eigenvalue weighted by Crippen LogP contribution is -2.48. The molecule has 2 unspecified atom stereocenters. The van der Waals surface area contributed by atoms with Crippen molar-refractivity contribution < 1.29 is 0 Å². The third kappa shape index (κ3) is 3.18. The van der Waals surface area contributed by atoms with E-state index >= 15 is 0 Å². The Balaban J connectivity index is 1.52. The Morgan fingerprint density at radius 1 is 1.16 bits per heavy atom. The molecule has 0 bridgehead atoms. The van der Waals surface area contributed by atoms with Crippen LogP contribution in [0, 0.1) is 12.8 Å². The number of nitrogens with zero attached hydrogens (tertiary/aromatic N) is 1. The summed E-state index contributed by atoms with van der Waals surface area (Å²) < 4.78 is 0. The minimum Gasteiger partial charge on any atom is -0.314 e. The van der Waals surface area contributed by atoms with Crippen LogP contribution in [0.4, 0.5) is 0 Å². The molecule has 0 saturated heterocycles. The summed E-state index contributed by atoms with van der Waals surface area (Å²) in [6, 6.07) is 10.4. The number of aryl methyl sites for hydroxylation is 1. The van der Waals surface area contributed by atoms with Crippen LogP contribution in [-0.4, -0.2) is 30.6 Å². The monoisotopic (exact) mass is 258 g/mol. The molecule has 0 heterocycles. The van der Waals surface area contributed by atoms with E-state index in [0.29, 0.717) is 0 Å². The van der Waals surface area contributed by atoms with Crippen LogP contribution in [0.15, 0.2) is 24.3 Å². The lowest BCUT2D eigenvalue weighted by atomic mass is 9.78. The zero-order valence-electron chi connectivity index (χ0n) is 12.2. The van der Waals surface area contributed by atoms with E-state index in [9.17, 15) is 0 Å². The third-order valence-electron chi connectivity index (χ3n) is 4.87. The topological polar surface area (TPSA) is 15.3 Å². The highest BCUT2D eigenvalue weighted by atomic mass is 15.1. The molecule has 3 rings (SSSR count). The number of rotatable bonds is 6. The van der Waals surface area contributed by atoms with Gasteiger partial charge in [0.1, 0.15) is 0 Å².